The molecular weight excluding hydrogens is 124 g/mol. The van der Waals surface area contributed by atoms with Gasteiger partial charge in [-0.3, -0.25) is 5.32 Å². The Kier molecular flexibility index (Phi) is 1.46. The van der Waals surface area contributed by atoms with Gasteiger partial charge in [-0.25, -0.2) is 0 Å². The highest BCUT2D eigenvalue weighted by Crippen LogP contribution is 2.36. The van der Waals surface area contributed by atoms with Crippen molar-refractivity contribution in [1.29, 1.82) is 0 Å². The average molecular weight is 140 g/mol. The van der Waals surface area contributed by atoms with Gasteiger partial charge in [0.25, 0.3) is 0 Å². The van der Waals surface area contributed by atoms with Gasteiger partial charge in [0.05, 0.1) is 6.17 Å². The van der Waals surface area contributed by atoms with Crippen molar-refractivity contribution < 1.29 is 0 Å². The molecule has 0 radical (unpaired) electrons. The highest BCUT2D eigenvalue weighted by Gasteiger charge is 2.41. The van der Waals surface area contributed by atoms with Crippen molar-refractivity contribution >= 4 is 0 Å². The fraction of sp³-hybridized carbons (Fsp3) is 1.00. The maximum Gasteiger partial charge on any atom is 0.0568 e. The van der Waals surface area contributed by atoms with Gasteiger partial charge in [-0.2, -0.15) is 0 Å². The van der Waals surface area contributed by atoms with Crippen molar-refractivity contribution in [1.82, 2.24) is 5.32 Å². The second kappa shape index (κ2) is 2.21. The third-order valence-electron chi connectivity index (χ3n) is 2.91. The molecule has 2 rings (SSSR count). The molecule has 1 saturated heterocycles. The Morgan fingerprint density at radius 1 is 1.20 bits per heavy atom. The SMILES string of the molecule is NC1CC2(CCCCC2)N1. The maximum atomic E-state index is 5.67. The van der Waals surface area contributed by atoms with E-state index in [1.807, 2.05) is 0 Å². The molecular formula is C8H16N2. The number of nitrogens with two attached hydrogens (primary N) is 1. The molecule has 3 N–H and O–H groups in total. The summed E-state index contributed by atoms with van der Waals surface area (Å²) in [6.07, 6.45) is 8.48. The van der Waals surface area contributed by atoms with Gasteiger partial charge in [0.15, 0.2) is 0 Å². The lowest BCUT2D eigenvalue weighted by Crippen LogP contribution is -2.67. The molecule has 0 aromatic heterocycles. The van der Waals surface area contributed by atoms with Crippen molar-refractivity contribution in [3.8, 4) is 0 Å². The molecule has 1 heterocycles. The van der Waals surface area contributed by atoms with Crippen molar-refractivity contribution in [3.05, 3.63) is 0 Å². The number of hydrogen-bond donors (Lipinski definition) is 2. The van der Waals surface area contributed by atoms with E-state index in [1.165, 1.54) is 38.5 Å². The summed E-state index contributed by atoms with van der Waals surface area (Å²) < 4.78 is 0. The highest BCUT2D eigenvalue weighted by atomic mass is 15.2. The van der Waals surface area contributed by atoms with Crippen LogP contribution in [0, 0.1) is 0 Å². The summed E-state index contributed by atoms with van der Waals surface area (Å²) in [5.74, 6) is 0. The van der Waals surface area contributed by atoms with Gasteiger partial charge in [0.2, 0.25) is 0 Å². The van der Waals surface area contributed by atoms with E-state index >= 15 is 0 Å². The summed E-state index contributed by atoms with van der Waals surface area (Å²) in [7, 11) is 0. The summed E-state index contributed by atoms with van der Waals surface area (Å²) >= 11 is 0. The molecule has 0 aromatic carbocycles. The van der Waals surface area contributed by atoms with Gasteiger partial charge in [-0.05, 0) is 19.3 Å². The van der Waals surface area contributed by atoms with Crippen LogP contribution in [0.3, 0.4) is 0 Å². The van der Waals surface area contributed by atoms with Crippen LogP contribution in [0.25, 0.3) is 0 Å². The van der Waals surface area contributed by atoms with Crippen molar-refractivity contribution in [2.24, 2.45) is 5.73 Å². The zero-order valence-electron chi connectivity index (χ0n) is 6.40. The van der Waals surface area contributed by atoms with E-state index in [-0.39, 0.29) is 0 Å². The van der Waals surface area contributed by atoms with Crippen LogP contribution in [0.15, 0.2) is 0 Å². The Labute approximate surface area is 62.2 Å². The Morgan fingerprint density at radius 3 is 2.30 bits per heavy atom. The minimum atomic E-state index is 0.304. The molecule has 0 bridgehead atoms. The fourth-order valence-electron chi connectivity index (χ4n) is 2.37. The van der Waals surface area contributed by atoms with Crippen LogP contribution in [0.1, 0.15) is 38.5 Å². The first-order valence-electron chi connectivity index (χ1n) is 4.34. The molecule has 2 heteroatoms. The molecule has 1 unspecified atom stereocenters. The first kappa shape index (κ1) is 6.62. The lowest BCUT2D eigenvalue weighted by atomic mass is 9.73. The second-order valence-corrected chi connectivity index (χ2v) is 3.80. The van der Waals surface area contributed by atoms with Crippen LogP contribution < -0.4 is 11.1 Å². The Morgan fingerprint density at radius 2 is 1.80 bits per heavy atom. The number of nitrogens with one attached hydrogen (secondary N) is 1. The minimum absolute atomic E-state index is 0.304. The molecule has 0 aromatic rings. The maximum absolute atomic E-state index is 5.67. The van der Waals surface area contributed by atoms with Gasteiger partial charge in [-0.15, -0.1) is 0 Å². The Balaban J connectivity index is 1.90. The van der Waals surface area contributed by atoms with E-state index in [4.69, 9.17) is 5.73 Å². The van der Waals surface area contributed by atoms with Crippen molar-refractivity contribution in [2.75, 3.05) is 0 Å². The summed E-state index contributed by atoms with van der Waals surface area (Å²) in [4.78, 5) is 0. The van der Waals surface area contributed by atoms with Gasteiger partial charge < -0.3 is 5.73 Å². The van der Waals surface area contributed by atoms with Crippen LogP contribution in [0.2, 0.25) is 0 Å². The Hall–Kier alpha value is -0.0800. The molecule has 10 heavy (non-hydrogen) atoms. The molecule has 58 valence electrons. The van der Waals surface area contributed by atoms with E-state index in [2.05, 4.69) is 5.32 Å². The molecule has 2 fully saturated rings. The molecule has 1 aliphatic heterocycles. The molecule has 1 saturated carbocycles. The molecule has 0 amide bonds. The van der Waals surface area contributed by atoms with E-state index in [0.29, 0.717) is 11.7 Å². The summed E-state index contributed by atoms with van der Waals surface area (Å²) in [5.41, 5.74) is 6.17. The lowest BCUT2D eigenvalue weighted by Gasteiger charge is -2.50. The second-order valence-electron chi connectivity index (χ2n) is 3.80. The van der Waals surface area contributed by atoms with Gasteiger partial charge in [0, 0.05) is 5.54 Å². The number of hydrogen-bond acceptors (Lipinski definition) is 2. The summed E-state index contributed by atoms with van der Waals surface area (Å²) in [5, 5.41) is 3.44. The van der Waals surface area contributed by atoms with Crippen molar-refractivity contribution in [2.45, 2.75) is 50.2 Å². The number of rotatable bonds is 0. The predicted molar refractivity (Wildman–Crippen MR) is 41.5 cm³/mol. The van der Waals surface area contributed by atoms with Gasteiger partial charge >= 0.3 is 0 Å². The first-order valence-corrected chi connectivity index (χ1v) is 4.34. The van der Waals surface area contributed by atoms with E-state index in [0.717, 1.165) is 0 Å². The van der Waals surface area contributed by atoms with E-state index in [1.54, 1.807) is 0 Å². The summed E-state index contributed by atoms with van der Waals surface area (Å²) in [6.45, 7) is 0. The van der Waals surface area contributed by atoms with Crippen LogP contribution in [0.5, 0.6) is 0 Å². The zero-order valence-corrected chi connectivity index (χ0v) is 6.40. The smallest absolute Gasteiger partial charge is 0.0568 e. The van der Waals surface area contributed by atoms with Gasteiger partial charge in [-0.1, -0.05) is 19.3 Å². The highest BCUT2D eigenvalue weighted by molar-refractivity contribution is 5.01. The van der Waals surface area contributed by atoms with Crippen molar-refractivity contribution in [3.63, 3.8) is 0 Å². The molecule has 2 aliphatic rings. The van der Waals surface area contributed by atoms with Gasteiger partial charge in [0.1, 0.15) is 0 Å². The van der Waals surface area contributed by atoms with E-state index < -0.39 is 0 Å². The molecule has 1 atom stereocenters. The van der Waals surface area contributed by atoms with E-state index in [9.17, 15) is 0 Å². The average Bonchev–Trinajstić information content (AvgIpc) is 1.87. The van der Waals surface area contributed by atoms with Crippen LogP contribution >= 0.6 is 0 Å². The lowest BCUT2D eigenvalue weighted by molar-refractivity contribution is 0.0921. The standard InChI is InChI=1S/C8H16N2/c9-7-6-8(10-7)4-2-1-3-5-8/h7,10H,1-6,9H2. The first-order chi connectivity index (χ1) is 4.81. The van der Waals surface area contributed by atoms with Crippen LogP contribution in [-0.2, 0) is 0 Å². The monoisotopic (exact) mass is 140 g/mol. The third kappa shape index (κ3) is 0.956. The Bertz CT molecular complexity index is 112. The fourth-order valence-corrected chi connectivity index (χ4v) is 2.37. The largest absolute Gasteiger partial charge is 0.316 e. The normalized spacial score (nSPS) is 37.5. The minimum Gasteiger partial charge on any atom is -0.316 e. The zero-order chi connectivity index (χ0) is 7.03. The van der Waals surface area contributed by atoms with Crippen LogP contribution in [0.4, 0.5) is 0 Å². The summed E-state index contributed by atoms with van der Waals surface area (Å²) in [6, 6.07) is 0. The molecule has 1 aliphatic carbocycles. The third-order valence-corrected chi connectivity index (χ3v) is 2.91. The molecule has 2 nitrogen and oxygen atoms in total. The quantitative estimate of drug-likeness (QED) is 0.526. The predicted octanol–water partition coefficient (Wildman–Crippen LogP) is 0.967. The molecule has 1 spiro atoms. The van der Waals surface area contributed by atoms with Crippen LogP contribution in [-0.4, -0.2) is 11.7 Å². The topological polar surface area (TPSA) is 38.0 Å².